The van der Waals surface area contributed by atoms with Crippen molar-refractivity contribution >= 4 is 11.8 Å². The molecule has 98 valence electrons. The van der Waals surface area contributed by atoms with Crippen LogP contribution in [-0.4, -0.2) is 49.6 Å². The van der Waals surface area contributed by atoms with Gasteiger partial charge >= 0.3 is 0 Å². The van der Waals surface area contributed by atoms with Crippen molar-refractivity contribution in [2.45, 2.75) is 32.7 Å². The van der Waals surface area contributed by atoms with Crippen molar-refractivity contribution in [2.75, 3.05) is 26.8 Å². The number of carbonyl (C=O) groups is 2. The summed E-state index contributed by atoms with van der Waals surface area (Å²) in [6.07, 6.45) is 1.20. The highest BCUT2D eigenvalue weighted by molar-refractivity contribution is 5.90. The molecule has 0 spiro atoms. The Kier molecular flexibility index (Phi) is 5.41. The van der Waals surface area contributed by atoms with Crippen LogP contribution in [0, 0.1) is 5.92 Å². The minimum atomic E-state index is -0.382. The van der Waals surface area contributed by atoms with Crippen LogP contribution in [0.4, 0.5) is 0 Å². The molecule has 0 saturated carbocycles. The lowest BCUT2D eigenvalue weighted by molar-refractivity contribution is -0.134. The summed E-state index contributed by atoms with van der Waals surface area (Å²) in [4.78, 5) is 25.5. The number of carbonyl (C=O) groups excluding carboxylic acids is 2. The number of nitrogens with one attached hydrogen (secondary N) is 1. The van der Waals surface area contributed by atoms with Gasteiger partial charge in [0.1, 0.15) is 6.04 Å². The van der Waals surface area contributed by atoms with Gasteiger partial charge in [-0.25, -0.2) is 0 Å². The summed E-state index contributed by atoms with van der Waals surface area (Å²) < 4.78 is 4.97. The van der Waals surface area contributed by atoms with E-state index in [2.05, 4.69) is 5.32 Å². The van der Waals surface area contributed by atoms with E-state index in [-0.39, 0.29) is 23.8 Å². The average molecular weight is 242 g/mol. The van der Waals surface area contributed by atoms with Crippen molar-refractivity contribution in [1.82, 2.24) is 10.2 Å². The standard InChI is InChI=1S/C12H22N2O3/c1-9(2)11-12(16)14(6-4-8-17-3)7-5-10(15)13-11/h9,11H,4-8H2,1-3H3,(H,13,15). The second-order valence-electron chi connectivity index (χ2n) is 4.71. The summed E-state index contributed by atoms with van der Waals surface area (Å²) in [6.45, 7) is 5.70. The summed E-state index contributed by atoms with van der Waals surface area (Å²) in [5, 5.41) is 2.79. The molecule has 1 fully saturated rings. The van der Waals surface area contributed by atoms with Gasteiger partial charge in [-0.2, -0.15) is 0 Å². The molecule has 5 nitrogen and oxygen atoms in total. The topological polar surface area (TPSA) is 58.6 Å². The highest BCUT2D eigenvalue weighted by Crippen LogP contribution is 2.11. The zero-order valence-corrected chi connectivity index (χ0v) is 10.9. The number of ether oxygens (including phenoxy) is 1. The minimum absolute atomic E-state index is 0.0296. The monoisotopic (exact) mass is 242 g/mol. The Morgan fingerprint density at radius 2 is 2.18 bits per heavy atom. The molecule has 1 unspecified atom stereocenters. The van der Waals surface area contributed by atoms with Crippen LogP contribution in [0.5, 0.6) is 0 Å². The van der Waals surface area contributed by atoms with Gasteiger partial charge < -0.3 is 15.0 Å². The molecule has 1 aliphatic rings. The summed E-state index contributed by atoms with van der Waals surface area (Å²) in [5.41, 5.74) is 0. The van der Waals surface area contributed by atoms with Crippen LogP contribution in [0.1, 0.15) is 26.7 Å². The Labute approximate surface area is 102 Å². The molecule has 2 amide bonds. The molecule has 5 heteroatoms. The lowest BCUT2D eigenvalue weighted by Crippen LogP contribution is -2.48. The van der Waals surface area contributed by atoms with Crippen molar-refractivity contribution in [1.29, 1.82) is 0 Å². The molecule has 0 radical (unpaired) electrons. The maximum atomic E-state index is 12.2. The Morgan fingerprint density at radius 1 is 1.47 bits per heavy atom. The van der Waals surface area contributed by atoms with Gasteiger partial charge in [-0.1, -0.05) is 13.8 Å². The second kappa shape index (κ2) is 6.59. The molecule has 0 aliphatic carbocycles. The molecule has 1 saturated heterocycles. The first-order chi connectivity index (χ1) is 8.06. The van der Waals surface area contributed by atoms with E-state index in [1.54, 1.807) is 12.0 Å². The van der Waals surface area contributed by atoms with Gasteiger partial charge in [0.05, 0.1) is 0 Å². The van der Waals surface area contributed by atoms with Gasteiger partial charge in [0.25, 0.3) is 0 Å². The third-order valence-corrected chi connectivity index (χ3v) is 2.95. The van der Waals surface area contributed by atoms with Crippen molar-refractivity contribution in [2.24, 2.45) is 5.92 Å². The van der Waals surface area contributed by atoms with E-state index in [0.717, 1.165) is 6.42 Å². The smallest absolute Gasteiger partial charge is 0.245 e. The molecule has 0 aromatic rings. The largest absolute Gasteiger partial charge is 0.385 e. The summed E-state index contributed by atoms with van der Waals surface area (Å²) in [6, 6.07) is -0.382. The summed E-state index contributed by atoms with van der Waals surface area (Å²) in [5.74, 6) is 0.114. The highest BCUT2D eigenvalue weighted by atomic mass is 16.5. The molecule has 1 N–H and O–H groups in total. The number of hydrogen-bond donors (Lipinski definition) is 1. The van der Waals surface area contributed by atoms with Crippen molar-refractivity contribution < 1.29 is 14.3 Å². The molecule has 0 aromatic carbocycles. The van der Waals surface area contributed by atoms with Crippen molar-refractivity contribution in [3.63, 3.8) is 0 Å². The quantitative estimate of drug-likeness (QED) is 0.710. The van der Waals surface area contributed by atoms with E-state index in [1.807, 2.05) is 13.8 Å². The maximum absolute atomic E-state index is 12.2. The van der Waals surface area contributed by atoms with E-state index in [9.17, 15) is 9.59 Å². The molecular weight excluding hydrogens is 220 g/mol. The van der Waals surface area contributed by atoms with Crippen molar-refractivity contribution in [3.8, 4) is 0 Å². The fourth-order valence-electron chi connectivity index (χ4n) is 1.92. The van der Waals surface area contributed by atoms with Crippen LogP contribution in [-0.2, 0) is 14.3 Å². The maximum Gasteiger partial charge on any atom is 0.245 e. The van der Waals surface area contributed by atoms with Crippen LogP contribution in [0.25, 0.3) is 0 Å². The molecular formula is C12H22N2O3. The SMILES string of the molecule is COCCCN1CCC(=O)NC(C(C)C)C1=O. The second-order valence-corrected chi connectivity index (χ2v) is 4.71. The predicted octanol–water partition coefficient (Wildman–Crippen LogP) is 0.396. The minimum Gasteiger partial charge on any atom is -0.385 e. The predicted molar refractivity (Wildman–Crippen MR) is 64.5 cm³/mol. The molecule has 1 heterocycles. The number of methoxy groups -OCH3 is 1. The first-order valence-corrected chi connectivity index (χ1v) is 6.13. The Hall–Kier alpha value is -1.10. The van der Waals surface area contributed by atoms with Crippen LogP contribution < -0.4 is 5.32 Å². The van der Waals surface area contributed by atoms with Crippen LogP contribution >= 0.6 is 0 Å². The third kappa shape index (κ3) is 4.00. The zero-order chi connectivity index (χ0) is 12.8. The van der Waals surface area contributed by atoms with E-state index < -0.39 is 0 Å². The highest BCUT2D eigenvalue weighted by Gasteiger charge is 2.31. The fraction of sp³-hybridized carbons (Fsp3) is 0.833. The Morgan fingerprint density at radius 3 is 2.76 bits per heavy atom. The molecule has 1 atom stereocenters. The Bertz CT molecular complexity index is 279. The molecule has 0 aromatic heterocycles. The lowest BCUT2D eigenvalue weighted by Gasteiger charge is -2.25. The molecule has 1 rings (SSSR count). The third-order valence-electron chi connectivity index (χ3n) is 2.95. The van der Waals surface area contributed by atoms with Gasteiger partial charge in [0, 0.05) is 33.2 Å². The normalized spacial score (nSPS) is 21.6. The lowest BCUT2D eigenvalue weighted by atomic mass is 10.0. The summed E-state index contributed by atoms with van der Waals surface area (Å²) >= 11 is 0. The van der Waals surface area contributed by atoms with Crippen molar-refractivity contribution in [3.05, 3.63) is 0 Å². The van der Waals surface area contributed by atoms with Gasteiger partial charge in [0.15, 0.2) is 0 Å². The number of amides is 2. The van der Waals surface area contributed by atoms with E-state index >= 15 is 0 Å². The van der Waals surface area contributed by atoms with Crippen LogP contribution in [0.15, 0.2) is 0 Å². The fourth-order valence-corrected chi connectivity index (χ4v) is 1.92. The van der Waals surface area contributed by atoms with Gasteiger partial charge in [-0.3, -0.25) is 9.59 Å². The van der Waals surface area contributed by atoms with E-state index in [4.69, 9.17) is 4.74 Å². The van der Waals surface area contributed by atoms with Crippen LogP contribution in [0.3, 0.4) is 0 Å². The van der Waals surface area contributed by atoms with Gasteiger partial charge in [-0.05, 0) is 12.3 Å². The first kappa shape index (κ1) is 14.0. The van der Waals surface area contributed by atoms with Gasteiger partial charge in [-0.15, -0.1) is 0 Å². The molecule has 0 bridgehead atoms. The van der Waals surface area contributed by atoms with E-state index in [1.165, 1.54) is 0 Å². The number of rotatable bonds is 5. The number of nitrogens with zero attached hydrogens (tertiary/aromatic N) is 1. The first-order valence-electron chi connectivity index (χ1n) is 6.13. The zero-order valence-electron chi connectivity index (χ0n) is 10.9. The molecule has 17 heavy (non-hydrogen) atoms. The van der Waals surface area contributed by atoms with Crippen LogP contribution in [0.2, 0.25) is 0 Å². The van der Waals surface area contributed by atoms with Gasteiger partial charge in [0.2, 0.25) is 11.8 Å². The summed E-state index contributed by atoms with van der Waals surface area (Å²) in [7, 11) is 1.65. The average Bonchev–Trinajstić information content (AvgIpc) is 2.41. The molecule has 1 aliphatic heterocycles. The van der Waals surface area contributed by atoms with E-state index in [0.29, 0.717) is 26.1 Å². The number of hydrogen-bond acceptors (Lipinski definition) is 3. The Balaban J connectivity index is 2.63.